The molecule has 0 radical (unpaired) electrons. The lowest BCUT2D eigenvalue weighted by atomic mass is 10.3. The predicted molar refractivity (Wildman–Crippen MR) is 80.4 cm³/mol. The summed E-state index contributed by atoms with van der Waals surface area (Å²) in [7, 11) is 3.65. The molecule has 2 aromatic heterocycles. The number of likely N-dealkylation sites (N-methyl/N-ethyl adjacent to an activating group) is 1. The fraction of sp³-hybridized carbons (Fsp3) is 0.538. The zero-order chi connectivity index (χ0) is 15.4. The molecule has 0 aromatic carbocycles. The number of nitrogens with zero attached hydrogens (tertiary/aromatic N) is 5. The maximum atomic E-state index is 11.7. The van der Waals surface area contributed by atoms with Gasteiger partial charge in [0.05, 0.1) is 24.7 Å². The van der Waals surface area contributed by atoms with Gasteiger partial charge in [0, 0.05) is 13.6 Å². The van der Waals surface area contributed by atoms with Crippen LogP contribution in [0.15, 0.2) is 6.20 Å². The molecule has 0 spiro atoms. The van der Waals surface area contributed by atoms with Gasteiger partial charge in [-0.3, -0.25) is 14.4 Å². The van der Waals surface area contributed by atoms with E-state index < -0.39 is 0 Å². The van der Waals surface area contributed by atoms with E-state index in [2.05, 4.69) is 20.4 Å². The Balaban J connectivity index is 2.05. The molecule has 2 aromatic rings. The predicted octanol–water partition coefficient (Wildman–Crippen LogP) is -0.0965. The van der Waals surface area contributed by atoms with Gasteiger partial charge in [-0.25, -0.2) is 9.97 Å². The van der Waals surface area contributed by atoms with Gasteiger partial charge in [-0.2, -0.15) is 5.10 Å². The van der Waals surface area contributed by atoms with E-state index in [0.717, 1.165) is 11.8 Å². The monoisotopic (exact) mass is 291 g/mol. The van der Waals surface area contributed by atoms with Crippen molar-refractivity contribution < 1.29 is 4.79 Å². The highest BCUT2D eigenvalue weighted by Gasteiger charge is 2.12. The van der Waals surface area contributed by atoms with Crippen LogP contribution in [0.2, 0.25) is 0 Å². The number of hydrogen-bond acceptors (Lipinski definition) is 6. The van der Waals surface area contributed by atoms with Crippen LogP contribution in [0.3, 0.4) is 0 Å². The second kappa shape index (κ2) is 6.49. The van der Waals surface area contributed by atoms with Crippen LogP contribution in [0.1, 0.15) is 19.2 Å². The lowest BCUT2D eigenvalue weighted by Crippen LogP contribution is -2.35. The summed E-state index contributed by atoms with van der Waals surface area (Å²) in [6.07, 6.45) is 2.57. The van der Waals surface area contributed by atoms with Crippen LogP contribution in [-0.4, -0.2) is 50.7 Å². The first-order chi connectivity index (χ1) is 10.0. The summed E-state index contributed by atoms with van der Waals surface area (Å²) in [5, 5.41) is 7.69. The molecule has 3 N–H and O–H groups in total. The molecule has 1 amide bonds. The van der Waals surface area contributed by atoms with Crippen molar-refractivity contribution in [3.63, 3.8) is 0 Å². The molecular weight excluding hydrogens is 270 g/mol. The lowest BCUT2D eigenvalue weighted by molar-refractivity contribution is -0.122. The highest BCUT2D eigenvalue weighted by molar-refractivity contribution is 5.84. The number of carbonyl (C=O) groups is 1. The van der Waals surface area contributed by atoms with Crippen molar-refractivity contribution in [1.82, 2.24) is 30.0 Å². The van der Waals surface area contributed by atoms with Gasteiger partial charge in [0.25, 0.3) is 0 Å². The van der Waals surface area contributed by atoms with Crippen LogP contribution >= 0.6 is 0 Å². The molecule has 0 aliphatic carbocycles. The summed E-state index contributed by atoms with van der Waals surface area (Å²) < 4.78 is 1.66. The zero-order valence-electron chi connectivity index (χ0n) is 12.6. The summed E-state index contributed by atoms with van der Waals surface area (Å²) >= 11 is 0. The number of nitrogens with two attached hydrogens (primary N) is 1. The van der Waals surface area contributed by atoms with Crippen molar-refractivity contribution in [2.24, 2.45) is 7.05 Å². The maximum absolute atomic E-state index is 11.7. The number of nitrogens with one attached hydrogen (secondary N) is 1. The second-order valence-electron chi connectivity index (χ2n) is 5.05. The van der Waals surface area contributed by atoms with Crippen molar-refractivity contribution in [3.8, 4) is 0 Å². The molecule has 0 fully saturated rings. The smallest absolute Gasteiger partial charge is 0.234 e. The Kier molecular flexibility index (Phi) is 4.69. The first-order valence-corrected chi connectivity index (χ1v) is 6.90. The highest BCUT2D eigenvalue weighted by Crippen LogP contribution is 2.16. The van der Waals surface area contributed by atoms with Gasteiger partial charge in [0.15, 0.2) is 5.65 Å². The third kappa shape index (κ3) is 3.66. The number of fused-ring (bicyclic) bond motifs is 1. The van der Waals surface area contributed by atoms with Crippen LogP contribution < -0.4 is 11.1 Å². The van der Waals surface area contributed by atoms with Crippen molar-refractivity contribution in [2.75, 3.05) is 25.9 Å². The average Bonchev–Trinajstić information content (AvgIpc) is 2.78. The topological polar surface area (TPSA) is 102 Å². The number of anilines is 1. The molecular formula is C13H21N7O. The van der Waals surface area contributed by atoms with E-state index in [-0.39, 0.29) is 5.91 Å². The Morgan fingerprint density at radius 2 is 2.24 bits per heavy atom. The van der Waals surface area contributed by atoms with E-state index >= 15 is 0 Å². The van der Waals surface area contributed by atoms with Crippen molar-refractivity contribution >= 4 is 22.8 Å². The summed E-state index contributed by atoms with van der Waals surface area (Å²) in [4.78, 5) is 22.2. The molecule has 0 saturated heterocycles. The van der Waals surface area contributed by atoms with Crippen molar-refractivity contribution in [1.29, 1.82) is 0 Å². The molecule has 2 heterocycles. The van der Waals surface area contributed by atoms with Crippen molar-refractivity contribution in [3.05, 3.63) is 12.0 Å². The van der Waals surface area contributed by atoms with Crippen LogP contribution in [0, 0.1) is 0 Å². The van der Waals surface area contributed by atoms with Crippen LogP contribution in [0.5, 0.6) is 0 Å². The van der Waals surface area contributed by atoms with E-state index in [9.17, 15) is 4.79 Å². The second-order valence-corrected chi connectivity index (χ2v) is 5.05. The summed E-state index contributed by atoms with van der Waals surface area (Å²) in [5.41, 5.74) is 6.61. The summed E-state index contributed by atoms with van der Waals surface area (Å²) in [6, 6.07) is 0. The van der Waals surface area contributed by atoms with E-state index in [4.69, 9.17) is 5.73 Å². The third-order valence-electron chi connectivity index (χ3n) is 3.06. The first kappa shape index (κ1) is 15.2. The minimum absolute atomic E-state index is 0.00562. The van der Waals surface area contributed by atoms with Gasteiger partial charge in [-0.1, -0.05) is 6.92 Å². The molecule has 2 rings (SSSR count). The summed E-state index contributed by atoms with van der Waals surface area (Å²) in [6.45, 7) is 3.46. The van der Waals surface area contributed by atoms with Gasteiger partial charge < -0.3 is 11.1 Å². The minimum Gasteiger partial charge on any atom is -0.383 e. The molecule has 0 saturated carbocycles. The number of hydrogen-bond donors (Lipinski definition) is 2. The zero-order valence-corrected chi connectivity index (χ0v) is 12.6. The Labute approximate surface area is 123 Å². The van der Waals surface area contributed by atoms with Crippen LogP contribution in [-0.2, 0) is 18.4 Å². The maximum Gasteiger partial charge on any atom is 0.234 e. The Morgan fingerprint density at radius 3 is 2.95 bits per heavy atom. The fourth-order valence-corrected chi connectivity index (χ4v) is 2.02. The van der Waals surface area contributed by atoms with Crippen molar-refractivity contribution in [2.45, 2.75) is 19.9 Å². The number of nitrogen functional groups attached to an aromatic ring is 1. The van der Waals surface area contributed by atoms with Gasteiger partial charge in [0.1, 0.15) is 11.6 Å². The number of rotatable bonds is 6. The van der Waals surface area contributed by atoms with Gasteiger partial charge in [0.2, 0.25) is 5.91 Å². The molecule has 114 valence electrons. The molecule has 0 unspecified atom stereocenters. The highest BCUT2D eigenvalue weighted by atomic mass is 16.2. The van der Waals surface area contributed by atoms with Gasteiger partial charge in [-0.05, 0) is 13.5 Å². The SMILES string of the molecule is CCCNC(=O)CN(C)Cc1nc(N)c2cnn(C)c2n1. The molecule has 0 bridgehead atoms. The van der Waals surface area contributed by atoms with Gasteiger partial charge >= 0.3 is 0 Å². The van der Waals surface area contributed by atoms with E-state index in [1.165, 1.54) is 0 Å². The number of carbonyl (C=O) groups excluding carboxylic acids is 1. The number of amides is 1. The van der Waals surface area contributed by atoms with E-state index in [1.807, 2.05) is 18.9 Å². The van der Waals surface area contributed by atoms with E-state index in [1.54, 1.807) is 17.9 Å². The largest absolute Gasteiger partial charge is 0.383 e. The normalized spacial score (nSPS) is 11.2. The molecule has 0 aliphatic rings. The first-order valence-electron chi connectivity index (χ1n) is 6.90. The lowest BCUT2D eigenvalue weighted by Gasteiger charge is -2.15. The average molecular weight is 291 g/mol. The minimum atomic E-state index is -0.00562. The quantitative estimate of drug-likeness (QED) is 0.771. The number of aryl methyl sites for hydroxylation is 1. The fourth-order valence-electron chi connectivity index (χ4n) is 2.02. The summed E-state index contributed by atoms with van der Waals surface area (Å²) in [5.74, 6) is 0.982. The molecule has 0 aliphatic heterocycles. The Morgan fingerprint density at radius 1 is 1.48 bits per heavy atom. The number of aromatic nitrogens is 4. The van der Waals surface area contributed by atoms with Gasteiger partial charge in [-0.15, -0.1) is 0 Å². The molecule has 0 atom stereocenters. The van der Waals surface area contributed by atoms with Crippen LogP contribution in [0.4, 0.5) is 5.82 Å². The molecule has 21 heavy (non-hydrogen) atoms. The van der Waals surface area contributed by atoms with Crippen LogP contribution in [0.25, 0.3) is 11.0 Å². The molecule has 8 nitrogen and oxygen atoms in total. The molecule has 8 heteroatoms. The third-order valence-corrected chi connectivity index (χ3v) is 3.06. The van der Waals surface area contributed by atoms with E-state index in [0.29, 0.717) is 36.9 Å². The Hall–Kier alpha value is -2.22. The standard InChI is InChI=1S/C13H21N7O/c1-4-5-15-11(21)8-19(2)7-10-17-12(14)9-6-16-20(3)13(9)18-10/h6H,4-5,7-8H2,1-3H3,(H,15,21)(H2,14,17,18). The Bertz CT molecular complexity index is 637.